The Bertz CT molecular complexity index is 893. The second-order valence-corrected chi connectivity index (χ2v) is 5.01. The van der Waals surface area contributed by atoms with E-state index in [-0.39, 0.29) is 18.1 Å². The minimum absolute atomic E-state index is 0.0825. The summed E-state index contributed by atoms with van der Waals surface area (Å²) >= 11 is 0. The highest BCUT2D eigenvalue weighted by Crippen LogP contribution is 2.14. The second kappa shape index (κ2) is 6.75. The fraction of sp³-hybridized carbons (Fsp3) is 0.0556. The summed E-state index contributed by atoms with van der Waals surface area (Å²) in [5.74, 6) is -0.898. The molecule has 0 aliphatic rings. The van der Waals surface area contributed by atoms with E-state index in [4.69, 9.17) is 10.00 Å². The van der Waals surface area contributed by atoms with E-state index in [1.54, 1.807) is 36.4 Å². The van der Waals surface area contributed by atoms with Crippen LogP contribution in [-0.4, -0.2) is 15.5 Å². The Hall–Kier alpha value is -3.46. The lowest BCUT2D eigenvalue weighted by Crippen LogP contribution is -2.10. The van der Waals surface area contributed by atoms with E-state index in [9.17, 15) is 9.18 Å². The number of hydrogen-bond donors (Lipinski definition) is 0. The number of nitrogens with zero attached hydrogens (tertiary/aromatic N) is 3. The maximum Gasteiger partial charge on any atom is 0.357 e. The molecule has 0 spiro atoms. The van der Waals surface area contributed by atoms with Crippen LogP contribution in [0, 0.1) is 17.1 Å². The minimum atomic E-state index is -0.541. The van der Waals surface area contributed by atoms with Gasteiger partial charge in [0, 0.05) is 5.69 Å². The van der Waals surface area contributed by atoms with Crippen LogP contribution in [-0.2, 0) is 11.3 Å². The molecule has 6 heteroatoms. The van der Waals surface area contributed by atoms with Crippen LogP contribution in [0.1, 0.15) is 21.6 Å². The van der Waals surface area contributed by atoms with Crippen LogP contribution in [0.5, 0.6) is 0 Å². The largest absolute Gasteiger partial charge is 0.456 e. The number of carbonyl (C=O) groups excluding carboxylic acids is 1. The van der Waals surface area contributed by atoms with Gasteiger partial charge in [-0.05, 0) is 42.0 Å². The standard InChI is InChI=1S/C18H12FN3O2/c19-15-5-7-16(8-6-15)22-12-21-10-17(22)18(23)24-11-14-3-1-13(9-20)2-4-14/h1-8,10,12H,11H2. The van der Waals surface area contributed by atoms with Crippen LogP contribution in [0.25, 0.3) is 5.69 Å². The van der Waals surface area contributed by atoms with Gasteiger partial charge in [0.15, 0.2) is 5.69 Å². The predicted molar refractivity (Wildman–Crippen MR) is 83.8 cm³/mol. The molecule has 1 heterocycles. The second-order valence-electron chi connectivity index (χ2n) is 5.01. The monoisotopic (exact) mass is 321 g/mol. The van der Waals surface area contributed by atoms with Gasteiger partial charge in [-0.25, -0.2) is 14.2 Å². The molecule has 118 valence electrons. The van der Waals surface area contributed by atoms with Crippen molar-refractivity contribution in [3.05, 3.63) is 83.7 Å². The Labute approximate surface area is 137 Å². The molecule has 0 aliphatic heterocycles. The number of esters is 1. The molecule has 0 saturated carbocycles. The molecule has 0 bridgehead atoms. The number of rotatable bonds is 4. The minimum Gasteiger partial charge on any atom is -0.456 e. The third-order valence-corrected chi connectivity index (χ3v) is 3.41. The summed E-state index contributed by atoms with van der Waals surface area (Å²) in [7, 11) is 0. The highest BCUT2D eigenvalue weighted by molar-refractivity contribution is 5.88. The number of carbonyl (C=O) groups is 1. The van der Waals surface area contributed by atoms with Crippen LogP contribution >= 0.6 is 0 Å². The first-order valence-corrected chi connectivity index (χ1v) is 7.12. The van der Waals surface area contributed by atoms with Crippen molar-refractivity contribution in [3.63, 3.8) is 0 Å². The number of aromatic nitrogens is 2. The average molecular weight is 321 g/mol. The first-order chi connectivity index (χ1) is 11.7. The Morgan fingerprint density at radius 2 is 1.88 bits per heavy atom. The van der Waals surface area contributed by atoms with Crippen molar-refractivity contribution in [2.45, 2.75) is 6.61 Å². The van der Waals surface area contributed by atoms with E-state index < -0.39 is 5.97 Å². The van der Waals surface area contributed by atoms with E-state index in [0.29, 0.717) is 11.3 Å². The van der Waals surface area contributed by atoms with E-state index >= 15 is 0 Å². The molecule has 5 nitrogen and oxygen atoms in total. The van der Waals surface area contributed by atoms with Gasteiger partial charge in [0.05, 0.1) is 24.2 Å². The molecular weight excluding hydrogens is 309 g/mol. The number of imidazole rings is 1. The van der Waals surface area contributed by atoms with E-state index in [0.717, 1.165) is 5.56 Å². The van der Waals surface area contributed by atoms with Gasteiger partial charge in [-0.3, -0.25) is 4.57 Å². The van der Waals surface area contributed by atoms with Gasteiger partial charge in [-0.15, -0.1) is 0 Å². The van der Waals surface area contributed by atoms with Crippen LogP contribution < -0.4 is 0 Å². The summed E-state index contributed by atoms with van der Waals surface area (Å²) in [5.41, 5.74) is 2.17. The molecule has 1 aromatic heterocycles. The van der Waals surface area contributed by atoms with Crippen molar-refractivity contribution in [1.29, 1.82) is 5.26 Å². The molecule has 0 N–H and O–H groups in total. The molecule has 3 rings (SSSR count). The first-order valence-electron chi connectivity index (χ1n) is 7.12. The van der Waals surface area contributed by atoms with Crippen LogP contribution in [0.3, 0.4) is 0 Å². The van der Waals surface area contributed by atoms with Crippen molar-refractivity contribution in [1.82, 2.24) is 9.55 Å². The summed E-state index contributed by atoms with van der Waals surface area (Å²) in [6.45, 7) is 0.0825. The van der Waals surface area contributed by atoms with Gasteiger partial charge in [0.1, 0.15) is 12.4 Å². The summed E-state index contributed by atoms with van der Waals surface area (Å²) in [6, 6.07) is 14.5. The highest BCUT2D eigenvalue weighted by Gasteiger charge is 2.14. The van der Waals surface area contributed by atoms with Crippen molar-refractivity contribution in [2.24, 2.45) is 0 Å². The van der Waals surface area contributed by atoms with Gasteiger partial charge >= 0.3 is 5.97 Å². The molecule has 0 radical (unpaired) electrons. The zero-order valence-electron chi connectivity index (χ0n) is 12.5. The van der Waals surface area contributed by atoms with Gasteiger partial charge < -0.3 is 4.74 Å². The average Bonchev–Trinajstić information content (AvgIpc) is 3.10. The Balaban J connectivity index is 1.73. The lowest BCUT2D eigenvalue weighted by molar-refractivity contribution is 0.0463. The fourth-order valence-corrected chi connectivity index (χ4v) is 2.15. The maximum atomic E-state index is 13.0. The van der Waals surface area contributed by atoms with Crippen LogP contribution in [0.2, 0.25) is 0 Å². The number of benzene rings is 2. The number of hydrogen-bond acceptors (Lipinski definition) is 4. The van der Waals surface area contributed by atoms with Gasteiger partial charge in [-0.2, -0.15) is 5.26 Å². The number of nitriles is 1. The maximum absolute atomic E-state index is 13.0. The van der Waals surface area contributed by atoms with E-state index in [1.165, 1.54) is 29.2 Å². The Morgan fingerprint density at radius 3 is 2.54 bits per heavy atom. The van der Waals surface area contributed by atoms with Crippen molar-refractivity contribution < 1.29 is 13.9 Å². The molecular formula is C18H12FN3O2. The molecule has 24 heavy (non-hydrogen) atoms. The molecule has 0 saturated heterocycles. The first kappa shape index (κ1) is 15.4. The topological polar surface area (TPSA) is 67.9 Å². The molecule has 0 aliphatic carbocycles. The highest BCUT2D eigenvalue weighted by atomic mass is 19.1. The number of halogens is 1. The lowest BCUT2D eigenvalue weighted by Gasteiger charge is -2.08. The zero-order chi connectivity index (χ0) is 16.9. The van der Waals surface area contributed by atoms with Crippen molar-refractivity contribution in [3.8, 4) is 11.8 Å². The van der Waals surface area contributed by atoms with Gasteiger partial charge in [0.25, 0.3) is 0 Å². The van der Waals surface area contributed by atoms with Gasteiger partial charge in [0.2, 0.25) is 0 Å². The van der Waals surface area contributed by atoms with Gasteiger partial charge in [-0.1, -0.05) is 12.1 Å². The van der Waals surface area contributed by atoms with Crippen molar-refractivity contribution >= 4 is 5.97 Å². The summed E-state index contributed by atoms with van der Waals surface area (Å²) in [6.07, 6.45) is 2.86. The van der Waals surface area contributed by atoms with Crippen LogP contribution in [0.15, 0.2) is 61.1 Å². The van der Waals surface area contributed by atoms with E-state index in [1.807, 2.05) is 6.07 Å². The number of ether oxygens (including phenoxy) is 1. The summed E-state index contributed by atoms with van der Waals surface area (Å²) < 4.78 is 19.8. The lowest BCUT2D eigenvalue weighted by atomic mass is 10.2. The normalized spacial score (nSPS) is 10.2. The molecule has 0 unspecified atom stereocenters. The Morgan fingerprint density at radius 1 is 1.17 bits per heavy atom. The smallest absolute Gasteiger partial charge is 0.357 e. The Kier molecular flexibility index (Phi) is 4.34. The quantitative estimate of drug-likeness (QED) is 0.692. The summed E-state index contributed by atoms with van der Waals surface area (Å²) in [5, 5.41) is 8.76. The molecule has 3 aromatic rings. The molecule has 0 amide bonds. The third-order valence-electron chi connectivity index (χ3n) is 3.41. The van der Waals surface area contributed by atoms with E-state index in [2.05, 4.69) is 4.98 Å². The SMILES string of the molecule is N#Cc1ccc(COC(=O)c2cncn2-c2ccc(F)cc2)cc1. The fourth-order valence-electron chi connectivity index (χ4n) is 2.15. The predicted octanol–water partition coefficient (Wildman–Crippen LogP) is 3.24. The molecule has 0 fully saturated rings. The van der Waals surface area contributed by atoms with Crippen LogP contribution in [0.4, 0.5) is 4.39 Å². The van der Waals surface area contributed by atoms with Crippen molar-refractivity contribution in [2.75, 3.05) is 0 Å². The molecule has 2 aromatic carbocycles. The summed E-state index contributed by atoms with van der Waals surface area (Å²) in [4.78, 5) is 16.2. The third kappa shape index (κ3) is 3.31. The zero-order valence-corrected chi connectivity index (χ0v) is 12.5. The molecule has 0 atom stereocenters.